The smallest absolute Gasteiger partial charge is 0.265 e. The van der Waals surface area contributed by atoms with Crippen molar-refractivity contribution in [3.8, 4) is 5.75 Å². The fourth-order valence-electron chi connectivity index (χ4n) is 2.43. The van der Waals surface area contributed by atoms with Crippen LogP contribution in [0.2, 0.25) is 0 Å². The number of anilines is 1. The van der Waals surface area contributed by atoms with Crippen molar-refractivity contribution in [2.75, 3.05) is 5.32 Å². The minimum absolute atomic E-state index is 0.0694. The van der Waals surface area contributed by atoms with E-state index in [9.17, 15) is 9.59 Å². The Kier molecular flexibility index (Phi) is 5.49. The van der Waals surface area contributed by atoms with Crippen molar-refractivity contribution in [3.05, 3.63) is 82.0 Å². The topological polar surface area (TPSA) is 55.4 Å². The third-order valence-electron chi connectivity index (χ3n) is 3.88. The van der Waals surface area contributed by atoms with Crippen LogP contribution in [0.1, 0.15) is 32.5 Å². The fraction of sp³-hybridized carbons (Fsp3) is 0.143. The Morgan fingerprint density at radius 2 is 1.69 bits per heavy atom. The summed E-state index contributed by atoms with van der Waals surface area (Å²) in [6, 6.07) is 18.0. The molecule has 3 aromatic rings. The van der Waals surface area contributed by atoms with E-state index in [-0.39, 0.29) is 11.7 Å². The van der Waals surface area contributed by atoms with Gasteiger partial charge in [-0.1, -0.05) is 35.9 Å². The lowest BCUT2D eigenvalue weighted by molar-refractivity contribution is 0.0818. The lowest BCUT2D eigenvalue weighted by Gasteiger charge is -2.14. The van der Waals surface area contributed by atoms with Crippen molar-refractivity contribution in [2.45, 2.75) is 20.0 Å². The van der Waals surface area contributed by atoms with Gasteiger partial charge in [-0.05, 0) is 49.6 Å². The molecule has 2 aromatic carbocycles. The van der Waals surface area contributed by atoms with Crippen molar-refractivity contribution < 1.29 is 14.3 Å². The van der Waals surface area contributed by atoms with Gasteiger partial charge in [0.2, 0.25) is 5.78 Å². The SMILES string of the molecule is Cc1ccc(C(=O)[C@H](C)Oc2ccc(NC(=O)c3cccs3)cc2)cc1. The number of Topliss-reactive ketones (excluding diaryl/α,β-unsaturated/α-hetero) is 1. The number of benzene rings is 2. The highest BCUT2D eigenvalue weighted by atomic mass is 32.1. The largest absolute Gasteiger partial charge is 0.483 e. The molecular weight excluding hydrogens is 346 g/mol. The highest BCUT2D eigenvalue weighted by molar-refractivity contribution is 7.12. The summed E-state index contributed by atoms with van der Waals surface area (Å²) in [5.74, 6) is 0.365. The number of ether oxygens (including phenoxy) is 1. The summed E-state index contributed by atoms with van der Waals surface area (Å²) in [5.41, 5.74) is 2.41. The zero-order valence-electron chi connectivity index (χ0n) is 14.6. The van der Waals surface area contributed by atoms with E-state index in [0.29, 0.717) is 21.9 Å². The summed E-state index contributed by atoms with van der Waals surface area (Å²) in [5, 5.41) is 4.69. The average Bonchev–Trinajstić information content (AvgIpc) is 3.18. The molecule has 0 radical (unpaired) electrons. The van der Waals surface area contributed by atoms with Crippen LogP contribution in [0.4, 0.5) is 5.69 Å². The first kappa shape index (κ1) is 17.9. The van der Waals surface area contributed by atoms with Crippen molar-refractivity contribution in [3.63, 3.8) is 0 Å². The highest BCUT2D eigenvalue weighted by Gasteiger charge is 2.17. The molecule has 0 aliphatic heterocycles. The molecule has 0 saturated heterocycles. The molecule has 0 aliphatic carbocycles. The van der Waals surface area contributed by atoms with Gasteiger partial charge in [0.05, 0.1) is 4.88 Å². The minimum atomic E-state index is -0.593. The molecule has 0 bridgehead atoms. The molecule has 5 heteroatoms. The van der Waals surface area contributed by atoms with E-state index in [1.807, 2.05) is 30.5 Å². The van der Waals surface area contributed by atoms with Crippen LogP contribution >= 0.6 is 11.3 Å². The Balaban J connectivity index is 1.60. The van der Waals surface area contributed by atoms with Crippen molar-refractivity contribution in [1.82, 2.24) is 0 Å². The first-order valence-corrected chi connectivity index (χ1v) is 9.13. The monoisotopic (exact) mass is 365 g/mol. The number of amides is 1. The molecule has 26 heavy (non-hydrogen) atoms. The maximum absolute atomic E-state index is 12.4. The van der Waals surface area contributed by atoms with Gasteiger partial charge in [0.15, 0.2) is 6.10 Å². The molecule has 0 unspecified atom stereocenters. The maximum Gasteiger partial charge on any atom is 0.265 e. The summed E-state index contributed by atoms with van der Waals surface area (Å²) < 4.78 is 5.73. The van der Waals surface area contributed by atoms with Crippen molar-refractivity contribution in [1.29, 1.82) is 0 Å². The van der Waals surface area contributed by atoms with E-state index in [1.54, 1.807) is 49.4 Å². The number of nitrogens with one attached hydrogen (secondary N) is 1. The number of rotatable bonds is 6. The predicted molar refractivity (Wildman–Crippen MR) is 104 cm³/mol. The molecule has 0 saturated carbocycles. The Morgan fingerprint density at radius 3 is 2.31 bits per heavy atom. The lowest BCUT2D eigenvalue weighted by Crippen LogP contribution is -2.23. The van der Waals surface area contributed by atoms with Gasteiger partial charge in [0.25, 0.3) is 5.91 Å². The summed E-state index contributed by atoms with van der Waals surface area (Å²) in [7, 11) is 0. The van der Waals surface area contributed by atoms with Crippen LogP contribution in [-0.4, -0.2) is 17.8 Å². The number of ketones is 1. The molecule has 1 amide bonds. The standard InChI is InChI=1S/C21H19NO3S/c1-14-5-7-16(8-6-14)20(23)15(2)25-18-11-9-17(10-12-18)22-21(24)19-4-3-13-26-19/h3-13,15H,1-2H3,(H,22,24)/t15-/m0/s1. The van der Waals surface area contributed by atoms with Crippen LogP contribution in [0.15, 0.2) is 66.0 Å². The van der Waals surface area contributed by atoms with Crippen LogP contribution in [0.3, 0.4) is 0 Å². The summed E-state index contributed by atoms with van der Waals surface area (Å²) >= 11 is 1.39. The van der Waals surface area contributed by atoms with E-state index in [1.165, 1.54) is 11.3 Å². The molecular formula is C21H19NO3S. The van der Waals surface area contributed by atoms with Crippen LogP contribution in [0.25, 0.3) is 0 Å². The van der Waals surface area contributed by atoms with E-state index < -0.39 is 6.10 Å². The third-order valence-corrected chi connectivity index (χ3v) is 4.74. The van der Waals surface area contributed by atoms with Crippen LogP contribution in [0.5, 0.6) is 5.75 Å². The maximum atomic E-state index is 12.4. The molecule has 1 aromatic heterocycles. The van der Waals surface area contributed by atoms with Gasteiger partial charge in [0.1, 0.15) is 5.75 Å². The van der Waals surface area contributed by atoms with Crippen LogP contribution in [0, 0.1) is 6.92 Å². The van der Waals surface area contributed by atoms with E-state index in [2.05, 4.69) is 5.32 Å². The molecule has 1 N–H and O–H groups in total. The van der Waals surface area contributed by atoms with Gasteiger partial charge < -0.3 is 10.1 Å². The number of thiophene rings is 1. The lowest BCUT2D eigenvalue weighted by atomic mass is 10.1. The Hall–Kier alpha value is -2.92. The number of hydrogen-bond acceptors (Lipinski definition) is 4. The van der Waals surface area contributed by atoms with E-state index >= 15 is 0 Å². The van der Waals surface area contributed by atoms with Gasteiger partial charge in [-0.3, -0.25) is 9.59 Å². The van der Waals surface area contributed by atoms with Gasteiger partial charge in [0, 0.05) is 11.3 Å². The summed E-state index contributed by atoms with van der Waals surface area (Å²) in [4.78, 5) is 25.1. The molecule has 0 fully saturated rings. The van der Waals surface area contributed by atoms with Gasteiger partial charge in [-0.15, -0.1) is 11.3 Å². The summed E-state index contributed by atoms with van der Waals surface area (Å²) in [6.45, 7) is 3.71. The second-order valence-electron chi connectivity index (χ2n) is 5.95. The Labute approximate surface area is 156 Å². The van der Waals surface area contributed by atoms with Gasteiger partial charge in [-0.2, -0.15) is 0 Å². The normalized spacial score (nSPS) is 11.6. The second kappa shape index (κ2) is 7.97. The predicted octanol–water partition coefficient (Wildman–Crippen LogP) is 4.96. The van der Waals surface area contributed by atoms with Gasteiger partial charge >= 0.3 is 0 Å². The van der Waals surface area contributed by atoms with Gasteiger partial charge in [-0.25, -0.2) is 0 Å². The number of aryl methyl sites for hydroxylation is 1. The first-order chi connectivity index (χ1) is 12.5. The number of carbonyl (C=O) groups excluding carboxylic acids is 2. The number of carbonyl (C=O) groups is 2. The Morgan fingerprint density at radius 1 is 1.00 bits per heavy atom. The molecule has 1 heterocycles. The fourth-order valence-corrected chi connectivity index (χ4v) is 3.05. The number of hydrogen-bond donors (Lipinski definition) is 1. The van der Waals surface area contributed by atoms with Crippen LogP contribution in [-0.2, 0) is 0 Å². The van der Waals surface area contributed by atoms with Crippen molar-refractivity contribution >= 4 is 28.7 Å². The zero-order chi connectivity index (χ0) is 18.5. The molecule has 0 aliphatic rings. The Bertz CT molecular complexity index is 884. The zero-order valence-corrected chi connectivity index (χ0v) is 15.4. The highest BCUT2D eigenvalue weighted by Crippen LogP contribution is 2.20. The minimum Gasteiger partial charge on any atom is -0.483 e. The third kappa shape index (κ3) is 4.37. The molecule has 3 rings (SSSR count). The average molecular weight is 365 g/mol. The van der Waals surface area contributed by atoms with Crippen molar-refractivity contribution in [2.24, 2.45) is 0 Å². The first-order valence-electron chi connectivity index (χ1n) is 8.25. The van der Waals surface area contributed by atoms with E-state index in [4.69, 9.17) is 4.74 Å². The second-order valence-corrected chi connectivity index (χ2v) is 6.89. The molecule has 0 spiro atoms. The van der Waals surface area contributed by atoms with Crippen LogP contribution < -0.4 is 10.1 Å². The molecule has 1 atom stereocenters. The molecule has 4 nitrogen and oxygen atoms in total. The summed E-state index contributed by atoms with van der Waals surface area (Å²) in [6.07, 6.45) is -0.593. The molecule has 132 valence electrons. The van der Waals surface area contributed by atoms with E-state index in [0.717, 1.165) is 5.56 Å². The quantitative estimate of drug-likeness (QED) is 0.628.